The number of hydrogen-bond donors (Lipinski definition) is 3. The molecular weight excluding hydrogens is 386 g/mol. The molecule has 0 fully saturated rings. The van der Waals surface area contributed by atoms with Crippen molar-refractivity contribution in [3.8, 4) is 0 Å². The molecule has 0 unspecified atom stereocenters. The number of carbonyl (C=O) groups excluding carboxylic acids is 2. The van der Waals surface area contributed by atoms with Crippen LogP contribution in [0.15, 0.2) is 30.5 Å². The molecule has 0 spiro atoms. The minimum atomic E-state index is -0.461. The molecule has 3 heterocycles. The summed E-state index contributed by atoms with van der Waals surface area (Å²) in [5.74, 6) is -0.461. The molecule has 154 valence electrons. The van der Waals surface area contributed by atoms with E-state index in [0.717, 1.165) is 36.5 Å². The molecule has 1 aliphatic rings. The number of nitrogens with two attached hydrogens (primary N) is 1. The van der Waals surface area contributed by atoms with Gasteiger partial charge in [-0.1, -0.05) is 25.1 Å². The van der Waals surface area contributed by atoms with Crippen molar-refractivity contribution >= 4 is 45.2 Å². The Hall–Kier alpha value is -2.84. The Morgan fingerprint density at radius 2 is 2.10 bits per heavy atom. The summed E-state index contributed by atoms with van der Waals surface area (Å²) < 4.78 is 2.13. The van der Waals surface area contributed by atoms with E-state index in [1.807, 2.05) is 7.05 Å². The van der Waals surface area contributed by atoms with Crippen LogP contribution in [0.3, 0.4) is 0 Å². The summed E-state index contributed by atoms with van der Waals surface area (Å²) in [6.45, 7) is 4.86. The Morgan fingerprint density at radius 3 is 2.76 bits per heavy atom. The van der Waals surface area contributed by atoms with E-state index in [1.54, 1.807) is 0 Å². The van der Waals surface area contributed by atoms with Crippen LogP contribution in [-0.4, -0.2) is 41.9 Å². The number of rotatable bonds is 5. The van der Waals surface area contributed by atoms with Crippen molar-refractivity contribution in [2.45, 2.75) is 19.9 Å². The molecule has 29 heavy (non-hydrogen) atoms. The van der Waals surface area contributed by atoms with Crippen LogP contribution in [0.2, 0.25) is 0 Å². The Morgan fingerprint density at radius 1 is 1.34 bits per heavy atom. The first-order chi connectivity index (χ1) is 14.0. The van der Waals surface area contributed by atoms with Gasteiger partial charge in [-0.3, -0.25) is 14.5 Å². The van der Waals surface area contributed by atoms with E-state index >= 15 is 0 Å². The zero-order valence-electron chi connectivity index (χ0n) is 17.0. The number of fused-ring (bicyclic) bond motifs is 2. The maximum absolute atomic E-state index is 11.4. The smallest absolute Gasteiger partial charge is 0.251 e. The summed E-state index contributed by atoms with van der Waals surface area (Å²) in [5.41, 5.74) is 9.34. The first-order valence-corrected chi connectivity index (χ1v) is 10.4. The molecule has 2 amide bonds. The number of likely N-dealkylation sites (N-methyl/N-ethyl adjacent to an activating group) is 1. The van der Waals surface area contributed by atoms with Gasteiger partial charge in [-0.2, -0.15) is 0 Å². The lowest BCUT2D eigenvalue weighted by molar-refractivity contribution is -0.105. The molecule has 1 aromatic carbocycles. The minimum Gasteiger partial charge on any atom is -0.386 e. The molecule has 2 aromatic heterocycles. The number of nitrogens with one attached hydrogen (secondary N) is 2. The molecule has 3 aromatic rings. The zero-order valence-corrected chi connectivity index (χ0v) is 17.8. The Bertz CT molecular complexity index is 1020. The van der Waals surface area contributed by atoms with Gasteiger partial charge in [0, 0.05) is 49.2 Å². The van der Waals surface area contributed by atoms with Crippen LogP contribution in [0.25, 0.3) is 10.9 Å². The predicted molar refractivity (Wildman–Crippen MR) is 120 cm³/mol. The number of carbonyl (C=O) groups is 2. The Balaban J connectivity index is 0.000000176. The van der Waals surface area contributed by atoms with Gasteiger partial charge in [0.25, 0.3) is 5.91 Å². The zero-order chi connectivity index (χ0) is 21.0. The average molecular weight is 414 g/mol. The van der Waals surface area contributed by atoms with Crippen molar-refractivity contribution in [2.24, 2.45) is 12.8 Å². The molecule has 7 nitrogen and oxygen atoms in total. The van der Waals surface area contributed by atoms with Gasteiger partial charge in [0.1, 0.15) is 5.00 Å². The van der Waals surface area contributed by atoms with Gasteiger partial charge in [-0.05, 0) is 24.6 Å². The molecule has 1 aliphatic heterocycles. The van der Waals surface area contributed by atoms with Crippen LogP contribution in [0.1, 0.15) is 27.7 Å². The lowest BCUT2D eigenvalue weighted by Crippen LogP contribution is -2.30. The van der Waals surface area contributed by atoms with Gasteiger partial charge in [0.15, 0.2) is 0 Å². The third kappa shape index (κ3) is 4.28. The molecule has 0 saturated heterocycles. The van der Waals surface area contributed by atoms with E-state index in [4.69, 9.17) is 5.73 Å². The van der Waals surface area contributed by atoms with Crippen LogP contribution < -0.4 is 16.4 Å². The lowest BCUT2D eigenvalue weighted by Gasteiger charge is -2.25. The van der Waals surface area contributed by atoms with Gasteiger partial charge in [-0.15, -0.1) is 11.3 Å². The molecule has 0 aliphatic carbocycles. The van der Waals surface area contributed by atoms with E-state index in [9.17, 15) is 9.59 Å². The third-order valence-electron chi connectivity index (χ3n) is 5.19. The van der Waals surface area contributed by atoms with Crippen molar-refractivity contribution in [1.82, 2.24) is 9.47 Å². The summed E-state index contributed by atoms with van der Waals surface area (Å²) in [6.07, 6.45) is 3.50. The van der Waals surface area contributed by atoms with Gasteiger partial charge < -0.3 is 20.9 Å². The second-order valence-electron chi connectivity index (χ2n) is 6.87. The number of hydrogen-bond acceptors (Lipinski definition) is 5. The number of benzene rings is 1. The second kappa shape index (κ2) is 9.11. The van der Waals surface area contributed by atoms with E-state index in [2.05, 4.69) is 64.5 Å². The molecule has 0 saturated carbocycles. The standard InChI is InChI=1S/C11H15N3O2S.C10H12N2/c1-2-14-4-3-7-8(5-14)17-11(13-6-15)9(7)10(12)16;1-11-9-7-12(2)10-6-4-3-5-8(9)10/h6H,2-5H2,1H3,(H2,12,16)(H,13,15);3-7,11H,1-2H3. The largest absolute Gasteiger partial charge is 0.386 e. The second-order valence-corrected chi connectivity index (χ2v) is 7.98. The monoisotopic (exact) mass is 413 g/mol. The number of anilines is 2. The number of thiophene rings is 1. The van der Waals surface area contributed by atoms with Crippen LogP contribution in [-0.2, 0) is 24.8 Å². The normalized spacial score (nSPS) is 13.3. The van der Waals surface area contributed by atoms with Crippen molar-refractivity contribution in [2.75, 3.05) is 30.8 Å². The van der Waals surface area contributed by atoms with Crippen molar-refractivity contribution in [3.63, 3.8) is 0 Å². The van der Waals surface area contributed by atoms with Crippen LogP contribution in [0.4, 0.5) is 10.7 Å². The quantitative estimate of drug-likeness (QED) is 0.561. The highest BCUT2D eigenvalue weighted by Gasteiger charge is 2.26. The number of nitrogens with zero attached hydrogens (tertiary/aromatic N) is 2. The molecule has 0 bridgehead atoms. The van der Waals surface area contributed by atoms with Crippen LogP contribution in [0, 0.1) is 0 Å². The molecule has 0 atom stereocenters. The summed E-state index contributed by atoms with van der Waals surface area (Å²) in [7, 11) is 4.00. The molecular formula is C21H27N5O2S. The van der Waals surface area contributed by atoms with Crippen molar-refractivity contribution in [1.29, 1.82) is 0 Å². The molecule has 0 radical (unpaired) electrons. The molecule has 4 rings (SSSR count). The van der Waals surface area contributed by atoms with Crippen molar-refractivity contribution < 1.29 is 9.59 Å². The fourth-order valence-electron chi connectivity index (χ4n) is 3.68. The van der Waals surface area contributed by atoms with Gasteiger partial charge in [-0.25, -0.2) is 0 Å². The molecule has 8 heteroatoms. The third-order valence-corrected chi connectivity index (χ3v) is 6.33. The highest BCUT2D eigenvalue weighted by atomic mass is 32.1. The van der Waals surface area contributed by atoms with Gasteiger partial charge >= 0.3 is 0 Å². The lowest BCUT2D eigenvalue weighted by atomic mass is 10.0. The maximum atomic E-state index is 11.4. The van der Waals surface area contributed by atoms with E-state index in [-0.39, 0.29) is 0 Å². The Kier molecular flexibility index (Phi) is 6.56. The van der Waals surface area contributed by atoms with Crippen molar-refractivity contribution in [3.05, 3.63) is 46.5 Å². The van der Waals surface area contributed by atoms with E-state index in [0.29, 0.717) is 17.0 Å². The Labute approximate surface area is 174 Å². The topological polar surface area (TPSA) is 92.4 Å². The first-order valence-electron chi connectivity index (χ1n) is 9.58. The highest BCUT2D eigenvalue weighted by molar-refractivity contribution is 7.16. The van der Waals surface area contributed by atoms with Crippen LogP contribution >= 0.6 is 11.3 Å². The number of para-hydroxylation sites is 1. The number of amides is 2. The summed E-state index contributed by atoms with van der Waals surface area (Å²) in [4.78, 5) is 25.4. The predicted octanol–water partition coefficient (Wildman–Crippen LogP) is 3.01. The highest BCUT2D eigenvalue weighted by Crippen LogP contribution is 2.36. The summed E-state index contributed by atoms with van der Waals surface area (Å²) in [6, 6.07) is 8.36. The number of aromatic nitrogens is 1. The summed E-state index contributed by atoms with van der Waals surface area (Å²) in [5, 5.41) is 7.60. The fourth-order valence-corrected chi connectivity index (χ4v) is 4.94. The van der Waals surface area contributed by atoms with Crippen LogP contribution in [0.5, 0.6) is 0 Å². The van der Waals surface area contributed by atoms with Gasteiger partial charge in [0.2, 0.25) is 6.41 Å². The average Bonchev–Trinajstić information content (AvgIpc) is 3.25. The number of aryl methyl sites for hydroxylation is 1. The SMILES string of the molecule is CCN1CCc2c(sc(NC=O)c2C(N)=O)C1.CNc1cn(C)c2ccccc12. The fraction of sp³-hybridized carbons (Fsp3) is 0.333. The van der Waals surface area contributed by atoms with Gasteiger partial charge in [0.05, 0.1) is 11.3 Å². The molecule has 4 N–H and O–H groups in total. The minimum absolute atomic E-state index is 0.461. The van der Waals surface area contributed by atoms with E-state index in [1.165, 1.54) is 27.9 Å². The maximum Gasteiger partial charge on any atom is 0.251 e. The number of primary amides is 1. The van der Waals surface area contributed by atoms with E-state index < -0.39 is 5.91 Å². The first kappa shape index (κ1) is 20.9. The summed E-state index contributed by atoms with van der Waals surface area (Å²) >= 11 is 1.45.